The first-order valence-corrected chi connectivity index (χ1v) is 2.88. The first kappa shape index (κ1) is 11.3. The highest BCUT2D eigenvalue weighted by molar-refractivity contribution is 7.38. The number of guanidine groups is 1. The maximum atomic E-state index is 7.23. The molecule has 7 heteroatoms. The van der Waals surface area contributed by atoms with E-state index in [-0.39, 0.29) is 5.96 Å². The summed E-state index contributed by atoms with van der Waals surface area (Å²) >= 11 is 0. The molecule has 54 valence electrons. The van der Waals surface area contributed by atoms with Crippen LogP contribution >= 0.6 is 8.60 Å². The topological polar surface area (TPSA) is 123 Å². The molecule has 6 nitrogen and oxygen atoms in total. The zero-order chi connectivity index (χ0) is 7.86. The van der Waals surface area contributed by atoms with Gasteiger partial charge in [-0.25, -0.2) is 4.99 Å². The van der Waals surface area contributed by atoms with Crippen molar-refractivity contribution in [2.45, 2.75) is 0 Å². The highest BCUT2D eigenvalue weighted by atomic mass is 31.2. The lowest BCUT2D eigenvalue weighted by molar-refractivity contribution is 0.368. The molecule has 0 aromatic carbocycles. The monoisotopic (exact) mass is 153 g/mol. The first-order valence-electron chi connectivity index (χ1n) is 1.68. The smallest absolute Gasteiger partial charge is 0.324 e. The molecule has 0 unspecified atom stereocenters. The molecular weight excluding hydrogens is 145 g/mol. The molecule has 0 atom stereocenters. The highest BCUT2D eigenvalue weighted by Gasteiger charge is 1.76. The summed E-state index contributed by atoms with van der Waals surface area (Å²) in [6.45, 7) is 2.96. The predicted molar refractivity (Wildman–Crippen MR) is 35.0 cm³/mol. The Morgan fingerprint density at radius 3 is 1.67 bits per heavy atom. The molecular formula is C2H8N3O3P. The van der Waals surface area contributed by atoms with Crippen LogP contribution in [-0.2, 0) is 0 Å². The van der Waals surface area contributed by atoms with Gasteiger partial charge < -0.3 is 20.4 Å². The van der Waals surface area contributed by atoms with Crippen molar-refractivity contribution in [2.75, 3.05) is 0 Å². The van der Waals surface area contributed by atoms with E-state index in [0.717, 1.165) is 0 Å². The van der Waals surface area contributed by atoms with Gasteiger partial charge in [-0.1, -0.05) is 0 Å². The van der Waals surface area contributed by atoms with Gasteiger partial charge in [0.2, 0.25) is 5.96 Å². The zero-order valence-corrected chi connectivity index (χ0v) is 5.41. The van der Waals surface area contributed by atoms with Crippen LogP contribution in [0.5, 0.6) is 0 Å². The second-order valence-corrected chi connectivity index (χ2v) is 1.35. The molecule has 6 N–H and O–H groups in total. The second-order valence-electron chi connectivity index (χ2n) is 0.812. The Labute approximate surface area is 53.2 Å². The lowest BCUT2D eigenvalue weighted by Crippen LogP contribution is -2.03. The Kier molecular flexibility index (Phi) is 9.33. The molecule has 0 aliphatic heterocycles. The predicted octanol–water partition coefficient (Wildman–Crippen LogP) is -1.23. The van der Waals surface area contributed by atoms with Crippen molar-refractivity contribution < 1.29 is 14.7 Å². The number of aliphatic imine (C=N–C) groups is 1. The van der Waals surface area contributed by atoms with Gasteiger partial charge in [-0.05, 0) is 6.72 Å². The maximum absolute atomic E-state index is 7.23. The minimum absolute atomic E-state index is 0.231. The minimum Gasteiger partial charge on any atom is -0.368 e. The number of hydrogen-bond acceptors (Lipinski definition) is 4. The third kappa shape index (κ3) is 105. The summed E-state index contributed by atoms with van der Waals surface area (Å²) in [5, 5.41) is 6.29. The molecule has 0 rings (SSSR count). The molecule has 0 saturated carbocycles. The van der Waals surface area contributed by atoms with Crippen LogP contribution in [0.3, 0.4) is 0 Å². The number of nitrogens with two attached hydrogens (primary N) is 1. The van der Waals surface area contributed by atoms with Crippen molar-refractivity contribution in [3.8, 4) is 0 Å². The van der Waals surface area contributed by atoms with Crippen molar-refractivity contribution in [3.63, 3.8) is 0 Å². The number of hydrogen-bond donors (Lipinski definition) is 5. The third-order valence-electron chi connectivity index (χ3n) is 0.170. The van der Waals surface area contributed by atoms with Crippen LogP contribution < -0.4 is 5.73 Å². The maximum Gasteiger partial charge on any atom is 0.324 e. The Hall–Kier alpha value is -0.550. The van der Waals surface area contributed by atoms with E-state index in [1.165, 1.54) is 0 Å². The SMILES string of the molecule is C=NC(=N)N.OP(O)O. The lowest BCUT2D eigenvalue weighted by atomic mass is 11.1. The minimum atomic E-state index is -2.62. The number of nitrogens with zero attached hydrogens (tertiary/aromatic N) is 1. The molecule has 0 fully saturated rings. The molecule has 0 bridgehead atoms. The van der Waals surface area contributed by atoms with Gasteiger partial charge in [-0.2, -0.15) is 0 Å². The van der Waals surface area contributed by atoms with E-state index in [1.54, 1.807) is 0 Å². The summed E-state index contributed by atoms with van der Waals surface area (Å²) in [7, 11) is -2.62. The van der Waals surface area contributed by atoms with Crippen molar-refractivity contribution >= 4 is 21.3 Å². The van der Waals surface area contributed by atoms with Gasteiger partial charge in [-0.3, -0.25) is 5.41 Å². The lowest BCUT2D eigenvalue weighted by Gasteiger charge is -1.76. The standard InChI is InChI=1S/C2H5N3.H3O3P/c1-5-2(3)4;1-4(2)3/h1H2,(H3,3,4);1-3H. The van der Waals surface area contributed by atoms with E-state index < -0.39 is 8.60 Å². The van der Waals surface area contributed by atoms with Gasteiger partial charge in [-0.15, -0.1) is 0 Å². The third-order valence-corrected chi connectivity index (χ3v) is 0.170. The normalized spacial score (nSPS) is 7.56. The molecule has 0 saturated heterocycles. The van der Waals surface area contributed by atoms with Gasteiger partial charge in [0.1, 0.15) is 0 Å². The fraction of sp³-hybridized carbons (Fsp3) is 0. The Bertz CT molecular complexity index is 92.3. The van der Waals surface area contributed by atoms with Crippen molar-refractivity contribution in [1.82, 2.24) is 0 Å². The molecule has 9 heavy (non-hydrogen) atoms. The van der Waals surface area contributed by atoms with E-state index in [9.17, 15) is 0 Å². The molecule has 0 spiro atoms. The van der Waals surface area contributed by atoms with Crippen LogP contribution in [0.25, 0.3) is 0 Å². The Morgan fingerprint density at radius 2 is 1.67 bits per heavy atom. The van der Waals surface area contributed by atoms with Crippen LogP contribution in [0.4, 0.5) is 0 Å². The molecule has 0 heterocycles. The zero-order valence-electron chi connectivity index (χ0n) is 4.52. The van der Waals surface area contributed by atoms with E-state index in [0.29, 0.717) is 0 Å². The molecule has 0 aliphatic carbocycles. The van der Waals surface area contributed by atoms with Gasteiger partial charge in [0.05, 0.1) is 0 Å². The molecule has 0 aliphatic rings. The van der Waals surface area contributed by atoms with Crippen molar-refractivity contribution in [2.24, 2.45) is 10.7 Å². The largest absolute Gasteiger partial charge is 0.368 e. The van der Waals surface area contributed by atoms with Crippen molar-refractivity contribution in [1.29, 1.82) is 5.41 Å². The summed E-state index contributed by atoms with van der Waals surface area (Å²) in [5.74, 6) is -0.231. The van der Waals surface area contributed by atoms with E-state index in [2.05, 4.69) is 17.4 Å². The second kappa shape index (κ2) is 7.45. The summed E-state index contributed by atoms with van der Waals surface area (Å²) < 4.78 is 0. The van der Waals surface area contributed by atoms with Gasteiger partial charge in [0, 0.05) is 0 Å². The summed E-state index contributed by atoms with van der Waals surface area (Å²) in [5.41, 5.74) is 4.65. The molecule has 0 amide bonds. The Morgan fingerprint density at radius 1 is 1.56 bits per heavy atom. The number of rotatable bonds is 0. The fourth-order valence-electron chi connectivity index (χ4n) is 0. The molecule has 0 aromatic heterocycles. The average molecular weight is 153 g/mol. The molecule has 0 aromatic rings. The van der Waals surface area contributed by atoms with Crippen LogP contribution in [0.1, 0.15) is 0 Å². The first-order chi connectivity index (χ1) is 4.00. The van der Waals surface area contributed by atoms with Gasteiger partial charge in [0.25, 0.3) is 0 Å². The van der Waals surface area contributed by atoms with Crippen molar-refractivity contribution in [3.05, 3.63) is 0 Å². The molecule has 0 radical (unpaired) electrons. The highest BCUT2D eigenvalue weighted by Crippen LogP contribution is 2.11. The van der Waals surface area contributed by atoms with E-state index in [1.807, 2.05) is 0 Å². The summed E-state index contributed by atoms with van der Waals surface area (Å²) in [4.78, 5) is 24.7. The van der Waals surface area contributed by atoms with E-state index >= 15 is 0 Å². The van der Waals surface area contributed by atoms with Crippen LogP contribution in [-0.4, -0.2) is 27.4 Å². The number of nitrogens with one attached hydrogen (secondary N) is 1. The Balaban J connectivity index is 0. The summed E-state index contributed by atoms with van der Waals surface area (Å²) in [6.07, 6.45) is 0. The van der Waals surface area contributed by atoms with E-state index in [4.69, 9.17) is 20.1 Å². The van der Waals surface area contributed by atoms with Crippen LogP contribution in [0, 0.1) is 5.41 Å². The van der Waals surface area contributed by atoms with Gasteiger partial charge >= 0.3 is 8.60 Å². The quantitative estimate of drug-likeness (QED) is 0.170. The fourth-order valence-corrected chi connectivity index (χ4v) is 0. The average Bonchev–Trinajstić information content (AvgIpc) is 1.65. The van der Waals surface area contributed by atoms with Crippen LogP contribution in [0.15, 0.2) is 4.99 Å². The van der Waals surface area contributed by atoms with Crippen LogP contribution in [0.2, 0.25) is 0 Å². The van der Waals surface area contributed by atoms with Gasteiger partial charge in [0.15, 0.2) is 0 Å². The summed E-state index contributed by atoms with van der Waals surface area (Å²) in [6, 6.07) is 0.